The number of hydrogen-bond donors (Lipinski definition) is 1. The van der Waals surface area contributed by atoms with Crippen LogP contribution in [0.4, 0.5) is 14.9 Å². The molecule has 0 fully saturated rings. The lowest BCUT2D eigenvalue weighted by Crippen LogP contribution is -2.46. The summed E-state index contributed by atoms with van der Waals surface area (Å²) in [6.07, 6.45) is 1.79. The molecule has 0 saturated carbocycles. The van der Waals surface area contributed by atoms with Crippen LogP contribution < -0.4 is 10.2 Å². The van der Waals surface area contributed by atoms with Gasteiger partial charge in [0.2, 0.25) is 5.91 Å². The number of urea groups is 1. The molecule has 1 atom stereocenters. The van der Waals surface area contributed by atoms with Crippen LogP contribution >= 0.6 is 0 Å². The number of anilines is 1. The Kier molecular flexibility index (Phi) is 5.97. The van der Waals surface area contributed by atoms with Crippen molar-refractivity contribution in [2.45, 2.75) is 32.7 Å². The van der Waals surface area contributed by atoms with Crippen molar-refractivity contribution in [1.82, 2.24) is 10.2 Å². The van der Waals surface area contributed by atoms with Gasteiger partial charge in [-0.2, -0.15) is 0 Å². The highest BCUT2D eigenvalue weighted by molar-refractivity contribution is 5.98. The number of unbranched alkanes of at least 4 members (excludes halogenated alkanes) is 1. The Morgan fingerprint density at radius 3 is 2.68 bits per heavy atom. The van der Waals surface area contributed by atoms with Crippen LogP contribution in [0.15, 0.2) is 42.5 Å². The lowest BCUT2D eigenvalue weighted by atomic mass is 9.94. The van der Waals surface area contributed by atoms with Gasteiger partial charge in [-0.1, -0.05) is 49.2 Å². The number of nitrogens with zero attached hydrogens (tertiary/aromatic N) is 2. The average molecular weight is 383 g/mol. The van der Waals surface area contributed by atoms with E-state index < -0.39 is 11.9 Å². The number of aryl methyl sites for hydroxylation is 1. The second kappa shape index (κ2) is 8.42. The zero-order valence-electron chi connectivity index (χ0n) is 16.5. The van der Waals surface area contributed by atoms with Crippen molar-refractivity contribution in [3.05, 3.63) is 65.0 Å². The van der Waals surface area contributed by atoms with Crippen LogP contribution in [0, 0.1) is 12.7 Å². The maximum absolute atomic E-state index is 14.8. The second-order valence-corrected chi connectivity index (χ2v) is 7.15. The number of amides is 3. The second-order valence-electron chi connectivity index (χ2n) is 7.15. The standard InChI is InChI=1S/C22H26FN3O2/c1-4-5-12-24-22(28)26-14-20(27)25(3)19-11-10-15(2)13-17(19)21(26)16-8-6-7-9-18(16)23/h6-11,13,21H,4-5,12,14H2,1-3H3,(H,24,28). The molecule has 0 saturated heterocycles. The van der Waals surface area contributed by atoms with E-state index in [2.05, 4.69) is 5.32 Å². The van der Waals surface area contributed by atoms with Crippen LogP contribution in [-0.4, -0.2) is 37.0 Å². The summed E-state index contributed by atoms with van der Waals surface area (Å²) in [4.78, 5) is 28.8. The first-order valence-corrected chi connectivity index (χ1v) is 9.60. The summed E-state index contributed by atoms with van der Waals surface area (Å²) in [6.45, 7) is 4.37. The minimum absolute atomic E-state index is 0.124. The van der Waals surface area contributed by atoms with Gasteiger partial charge in [0.25, 0.3) is 0 Å². The number of carbonyl (C=O) groups excluding carboxylic acids is 2. The summed E-state index contributed by atoms with van der Waals surface area (Å²) >= 11 is 0. The molecule has 1 unspecified atom stereocenters. The van der Waals surface area contributed by atoms with E-state index in [9.17, 15) is 14.0 Å². The lowest BCUT2D eigenvalue weighted by Gasteiger charge is -2.31. The quantitative estimate of drug-likeness (QED) is 0.811. The fraction of sp³-hybridized carbons (Fsp3) is 0.364. The molecule has 3 rings (SSSR count). The third kappa shape index (κ3) is 3.86. The monoisotopic (exact) mass is 383 g/mol. The largest absolute Gasteiger partial charge is 0.338 e. The fourth-order valence-electron chi connectivity index (χ4n) is 3.54. The summed E-state index contributed by atoms with van der Waals surface area (Å²) in [5, 5.41) is 2.87. The van der Waals surface area contributed by atoms with Gasteiger partial charge in [0, 0.05) is 30.4 Å². The number of halogens is 1. The molecule has 1 aliphatic rings. The van der Waals surface area contributed by atoms with Gasteiger partial charge in [-0.05, 0) is 25.5 Å². The molecule has 3 amide bonds. The van der Waals surface area contributed by atoms with Gasteiger partial charge in [0.15, 0.2) is 0 Å². The molecule has 0 aromatic heterocycles. The van der Waals surface area contributed by atoms with Crippen molar-refractivity contribution >= 4 is 17.6 Å². The van der Waals surface area contributed by atoms with Crippen molar-refractivity contribution in [2.24, 2.45) is 0 Å². The van der Waals surface area contributed by atoms with Gasteiger partial charge in [0.1, 0.15) is 12.4 Å². The van der Waals surface area contributed by atoms with Gasteiger partial charge in [-0.3, -0.25) is 4.79 Å². The maximum Gasteiger partial charge on any atom is 0.318 e. The Balaban J connectivity index is 2.15. The molecule has 1 aliphatic heterocycles. The van der Waals surface area contributed by atoms with E-state index in [1.807, 2.05) is 32.0 Å². The van der Waals surface area contributed by atoms with E-state index in [-0.39, 0.29) is 18.5 Å². The van der Waals surface area contributed by atoms with E-state index >= 15 is 0 Å². The first kappa shape index (κ1) is 19.9. The summed E-state index contributed by atoms with van der Waals surface area (Å²) in [5.74, 6) is -0.613. The first-order chi connectivity index (χ1) is 13.4. The number of hydrogen-bond acceptors (Lipinski definition) is 2. The van der Waals surface area contributed by atoms with Crippen LogP contribution in [-0.2, 0) is 4.79 Å². The van der Waals surface area contributed by atoms with Crippen LogP contribution in [0.1, 0.15) is 42.5 Å². The van der Waals surface area contributed by atoms with E-state index in [1.54, 1.807) is 30.1 Å². The first-order valence-electron chi connectivity index (χ1n) is 9.60. The highest BCUT2D eigenvalue weighted by Crippen LogP contribution is 2.39. The summed E-state index contributed by atoms with van der Waals surface area (Å²) in [7, 11) is 1.69. The van der Waals surface area contributed by atoms with Crippen LogP contribution in [0.5, 0.6) is 0 Å². The molecule has 148 valence electrons. The normalized spacial score (nSPS) is 16.6. The van der Waals surface area contributed by atoms with E-state index in [4.69, 9.17) is 0 Å². The molecular formula is C22H26FN3O2. The Labute approximate surface area is 165 Å². The molecule has 28 heavy (non-hydrogen) atoms. The van der Waals surface area contributed by atoms with E-state index in [0.29, 0.717) is 17.8 Å². The number of carbonyl (C=O) groups is 2. The van der Waals surface area contributed by atoms with Gasteiger partial charge in [0.05, 0.1) is 6.04 Å². The zero-order valence-corrected chi connectivity index (χ0v) is 16.5. The van der Waals surface area contributed by atoms with E-state index in [0.717, 1.165) is 24.0 Å². The smallest absolute Gasteiger partial charge is 0.318 e. The molecule has 1 heterocycles. The van der Waals surface area contributed by atoms with E-state index in [1.165, 1.54) is 11.0 Å². The molecule has 2 aromatic carbocycles. The summed E-state index contributed by atoms with van der Waals surface area (Å²) in [5.41, 5.74) is 2.79. The van der Waals surface area contributed by atoms with Crippen molar-refractivity contribution in [2.75, 3.05) is 25.0 Å². The number of benzene rings is 2. The van der Waals surface area contributed by atoms with Gasteiger partial charge in [-0.15, -0.1) is 0 Å². The van der Waals surface area contributed by atoms with Crippen LogP contribution in [0.3, 0.4) is 0 Å². The number of rotatable bonds is 4. The molecule has 1 N–H and O–H groups in total. The van der Waals surface area contributed by atoms with Crippen molar-refractivity contribution in [3.63, 3.8) is 0 Å². The Morgan fingerprint density at radius 2 is 1.96 bits per heavy atom. The average Bonchev–Trinajstić information content (AvgIpc) is 2.78. The molecule has 5 nitrogen and oxygen atoms in total. The Hall–Kier alpha value is -2.89. The van der Waals surface area contributed by atoms with Crippen LogP contribution in [0.25, 0.3) is 0 Å². The number of likely N-dealkylation sites (N-methyl/N-ethyl adjacent to an activating group) is 1. The highest BCUT2D eigenvalue weighted by Gasteiger charge is 2.36. The lowest BCUT2D eigenvalue weighted by molar-refractivity contribution is -0.118. The predicted octanol–water partition coefficient (Wildman–Crippen LogP) is 4.01. The fourth-order valence-corrected chi connectivity index (χ4v) is 3.54. The van der Waals surface area contributed by atoms with Gasteiger partial charge >= 0.3 is 6.03 Å². The van der Waals surface area contributed by atoms with Crippen LogP contribution in [0.2, 0.25) is 0 Å². The van der Waals surface area contributed by atoms with Crippen molar-refractivity contribution in [1.29, 1.82) is 0 Å². The van der Waals surface area contributed by atoms with Crippen molar-refractivity contribution in [3.8, 4) is 0 Å². The molecule has 6 heteroatoms. The Bertz CT molecular complexity index is 884. The number of fused-ring (bicyclic) bond motifs is 1. The third-order valence-electron chi connectivity index (χ3n) is 5.10. The zero-order chi connectivity index (χ0) is 20.3. The molecular weight excluding hydrogens is 357 g/mol. The topological polar surface area (TPSA) is 52.7 Å². The summed E-state index contributed by atoms with van der Waals surface area (Å²) in [6, 6.07) is 11.1. The summed E-state index contributed by atoms with van der Waals surface area (Å²) < 4.78 is 14.8. The highest BCUT2D eigenvalue weighted by atomic mass is 19.1. The molecule has 2 aromatic rings. The molecule has 0 bridgehead atoms. The van der Waals surface area contributed by atoms with Gasteiger partial charge < -0.3 is 15.1 Å². The Morgan fingerprint density at radius 1 is 1.21 bits per heavy atom. The molecule has 0 spiro atoms. The minimum Gasteiger partial charge on any atom is -0.338 e. The predicted molar refractivity (Wildman–Crippen MR) is 108 cm³/mol. The van der Waals surface area contributed by atoms with Crippen molar-refractivity contribution < 1.29 is 14.0 Å². The third-order valence-corrected chi connectivity index (χ3v) is 5.10. The SMILES string of the molecule is CCCCNC(=O)N1CC(=O)N(C)c2ccc(C)cc2C1c1ccccc1F. The maximum atomic E-state index is 14.8. The molecule has 0 aliphatic carbocycles. The van der Waals surface area contributed by atoms with Gasteiger partial charge in [-0.25, -0.2) is 9.18 Å². The number of nitrogens with one attached hydrogen (secondary N) is 1. The minimum atomic E-state index is -0.688. The molecule has 0 radical (unpaired) electrons.